The van der Waals surface area contributed by atoms with E-state index < -0.39 is 15.8 Å². The summed E-state index contributed by atoms with van der Waals surface area (Å²) in [4.78, 5) is -0.356. The Balaban J connectivity index is 2.00. The number of hydrogen-bond donors (Lipinski definition) is 2. The molecular weight excluding hydrogens is 281 g/mol. The first-order valence-electron chi connectivity index (χ1n) is 6.01. The molecule has 2 N–H and O–H groups in total. The van der Waals surface area contributed by atoms with Crippen molar-refractivity contribution in [1.82, 2.24) is 4.72 Å². The lowest BCUT2D eigenvalue weighted by Crippen LogP contribution is -2.26. The van der Waals surface area contributed by atoms with Crippen LogP contribution in [0.3, 0.4) is 0 Å². The predicted molar refractivity (Wildman–Crippen MR) is 73.4 cm³/mol. The minimum Gasteiger partial charge on any atom is -0.508 e. The van der Waals surface area contributed by atoms with Crippen molar-refractivity contribution in [3.8, 4) is 5.75 Å². The highest BCUT2D eigenvalue weighted by Gasteiger charge is 2.17. The van der Waals surface area contributed by atoms with Gasteiger partial charge in [-0.15, -0.1) is 0 Å². The smallest absolute Gasteiger partial charge is 0.243 e. The van der Waals surface area contributed by atoms with Crippen LogP contribution < -0.4 is 4.72 Å². The highest BCUT2D eigenvalue weighted by atomic mass is 32.2. The first kappa shape index (κ1) is 14.5. The first-order valence-corrected chi connectivity index (χ1v) is 7.49. The second kappa shape index (κ2) is 6.02. The lowest BCUT2D eigenvalue weighted by Gasteiger charge is -2.07. The molecule has 0 heterocycles. The fourth-order valence-corrected chi connectivity index (χ4v) is 2.84. The normalized spacial score (nSPS) is 11.4. The largest absolute Gasteiger partial charge is 0.508 e. The van der Waals surface area contributed by atoms with E-state index in [2.05, 4.69) is 4.72 Å². The zero-order valence-corrected chi connectivity index (χ0v) is 11.4. The summed E-state index contributed by atoms with van der Waals surface area (Å²) in [5.41, 5.74) is 0.874. The van der Waals surface area contributed by atoms with E-state index in [0.29, 0.717) is 6.42 Å². The van der Waals surface area contributed by atoms with Crippen LogP contribution in [0.4, 0.5) is 4.39 Å². The molecule has 0 spiro atoms. The van der Waals surface area contributed by atoms with Gasteiger partial charge in [-0.25, -0.2) is 17.5 Å². The summed E-state index contributed by atoms with van der Waals surface area (Å²) in [5, 5.41) is 9.14. The standard InChI is InChI=1S/C14H14FNO3S/c15-13-3-1-2-4-14(13)20(18,19)16-10-9-11-5-7-12(17)8-6-11/h1-8,16-17H,9-10H2. The van der Waals surface area contributed by atoms with E-state index in [1.54, 1.807) is 12.1 Å². The second-order valence-corrected chi connectivity index (χ2v) is 5.98. The van der Waals surface area contributed by atoms with Crippen molar-refractivity contribution in [1.29, 1.82) is 0 Å². The Bertz CT molecular complexity index is 684. The van der Waals surface area contributed by atoms with Crippen LogP contribution in [0.2, 0.25) is 0 Å². The van der Waals surface area contributed by atoms with Crippen molar-refractivity contribution >= 4 is 10.0 Å². The number of halogens is 1. The van der Waals surface area contributed by atoms with Gasteiger partial charge in [0.1, 0.15) is 16.5 Å². The van der Waals surface area contributed by atoms with Gasteiger partial charge in [-0.05, 0) is 36.2 Å². The Morgan fingerprint density at radius 3 is 2.35 bits per heavy atom. The SMILES string of the molecule is O=S(=O)(NCCc1ccc(O)cc1)c1ccccc1F. The van der Waals surface area contributed by atoms with Gasteiger partial charge in [0.15, 0.2) is 0 Å². The van der Waals surface area contributed by atoms with Gasteiger partial charge in [0.2, 0.25) is 10.0 Å². The average Bonchev–Trinajstić information content (AvgIpc) is 2.41. The summed E-state index contributed by atoms with van der Waals surface area (Å²) in [6.45, 7) is 0.154. The van der Waals surface area contributed by atoms with Gasteiger partial charge >= 0.3 is 0 Å². The third kappa shape index (κ3) is 3.55. The maximum atomic E-state index is 13.4. The number of rotatable bonds is 5. The zero-order chi connectivity index (χ0) is 14.6. The fraction of sp³-hybridized carbons (Fsp3) is 0.143. The monoisotopic (exact) mass is 295 g/mol. The molecule has 2 aromatic carbocycles. The number of phenols is 1. The van der Waals surface area contributed by atoms with Gasteiger partial charge in [0.25, 0.3) is 0 Å². The molecule has 20 heavy (non-hydrogen) atoms. The average molecular weight is 295 g/mol. The third-order valence-electron chi connectivity index (χ3n) is 2.77. The van der Waals surface area contributed by atoms with Gasteiger partial charge < -0.3 is 5.11 Å². The lowest BCUT2D eigenvalue weighted by molar-refractivity contribution is 0.475. The first-order chi connectivity index (χ1) is 9.49. The van der Waals surface area contributed by atoms with Crippen LogP contribution in [-0.2, 0) is 16.4 Å². The number of hydrogen-bond acceptors (Lipinski definition) is 3. The molecule has 0 aliphatic rings. The topological polar surface area (TPSA) is 66.4 Å². The van der Waals surface area contributed by atoms with Crippen molar-refractivity contribution in [2.24, 2.45) is 0 Å². The van der Waals surface area contributed by atoms with Crippen molar-refractivity contribution < 1.29 is 17.9 Å². The molecule has 4 nitrogen and oxygen atoms in total. The molecule has 6 heteroatoms. The molecule has 0 aliphatic carbocycles. The van der Waals surface area contributed by atoms with Gasteiger partial charge in [0, 0.05) is 6.54 Å². The van der Waals surface area contributed by atoms with E-state index in [0.717, 1.165) is 11.6 Å². The molecule has 0 aliphatic heterocycles. The summed E-state index contributed by atoms with van der Waals surface area (Å²) in [6, 6.07) is 11.7. The maximum Gasteiger partial charge on any atom is 0.243 e. The minimum absolute atomic E-state index is 0.153. The van der Waals surface area contributed by atoms with Gasteiger partial charge in [0.05, 0.1) is 0 Å². The van der Waals surface area contributed by atoms with Crippen LogP contribution in [0.25, 0.3) is 0 Å². The molecule has 0 radical (unpaired) electrons. The van der Waals surface area contributed by atoms with Crippen LogP contribution in [0.15, 0.2) is 53.4 Å². The van der Waals surface area contributed by atoms with E-state index in [4.69, 9.17) is 5.11 Å². The molecule has 2 rings (SSSR count). The van der Waals surface area contributed by atoms with Crippen molar-refractivity contribution in [2.45, 2.75) is 11.3 Å². The molecule has 0 saturated heterocycles. The second-order valence-electron chi connectivity index (χ2n) is 4.24. The summed E-state index contributed by atoms with van der Waals surface area (Å²) in [6.07, 6.45) is 0.452. The number of nitrogens with one attached hydrogen (secondary N) is 1. The van der Waals surface area contributed by atoms with Gasteiger partial charge in [-0.3, -0.25) is 0 Å². The summed E-state index contributed by atoms with van der Waals surface area (Å²) < 4.78 is 39.6. The molecule has 0 atom stereocenters. The van der Waals surface area contributed by atoms with E-state index in [9.17, 15) is 12.8 Å². The van der Waals surface area contributed by atoms with Crippen LogP contribution in [0.5, 0.6) is 5.75 Å². The molecule has 0 fully saturated rings. The maximum absolute atomic E-state index is 13.4. The molecule has 0 aromatic heterocycles. The number of aromatic hydroxyl groups is 1. The Morgan fingerprint density at radius 1 is 1.05 bits per heavy atom. The lowest BCUT2D eigenvalue weighted by atomic mass is 10.1. The molecule has 106 valence electrons. The number of phenolic OH excluding ortho intramolecular Hbond substituents is 1. The molecule has 2 aromatic rings. The molecule has 0 amide bonds. The molecular formula is C14H14FNO3S. The molecule has 0 bridgehead atoms. The van der Waals surface area contributed by atoms with Crippen LogP contribution >= 0.6 is 0 Å². The van der Waals surface area contributed by atoms with E-state index >= 15 is 0 Å². The summed E-state index contributed by atoms with van der Waals surface area (Å²) in [5.74, 6) is -0.620. The highest BCUT2D eigenvalue weighted by Crippen LogP contribution is 2.13. The third-order valence-corrected chi connectivity index (χ3v) is 4.26. The summed E-state index contributed by atoms with van der Waals surface area (Å²) >= 11 is 0. The number of sulfonamides is 1. The fourth-order valence-electron chi connectivity index (χ4n) is 1.73. The molecule has 0 unspecified atom stereocenters. The van der Waals surface area contributed by atoms with Crippen LogP contribution in [-0.4, -0.2) is 20.1 Å². The molecule has 0 saturated carbocycles. The Morgan fingerprint density at radius 2 is 1.70 bits per heavy atom. The van der Waals surface area contributed by atoms with Gasteiger partial charge in [-0.1, -0.05) is 24.3 Å². The predicted octanol–water partition coefficient (Wildman–Crippen LogP) is 2.05. The van der Waals surface area contributed by atoms with E-state index in [-0.39, 0.29) is 17.2 Å². The summed E-state index contributed by atoms with van der Waals surface area (Å²) in [7, 11) is -3.84. The Kier molecular flexibility index (Phi) is 4.36. The number of benzene rings is 2. The van der Waals surface area contributed by atoms with Crippen molar-refractivity contribution in [3.05, 3.63) is 59.9 Å². The Labute approximate surface area is 116 Å². The van der Waals surface area contributed by atoms with Crippen molar-refractivity contribution in [3.63, 3.8) is 0 Å². The van der Waals surface area contributed by atoms with E-state index in [1.165, 1.54) is 30.3 Å². The van der Waals surface area contributed by atoms with Gasteiger partial charge in [-0.2, -0.15) is 0 Å². The zero-order valence-electron chi connectivity index (χ0n) is 10.6. The van der Waals surface area contributed by atoms with Crippen molar-refractivity contribution in [2.75, 3.05) is 6.54 Å². The Hall–Kier alpha value is -1.92. The minimum atomic E-state index is -3.84. The van der Waals surface area contributed by atoms with E-state index in [1.807, 2.05) is 0 Å². The quantitative estimate of drug-likeness (QED) is 0.887. The van der Waals surface area contributed by atoms with Crippen LogP contribution in [0, 0.1) is 5.82 Å². The van der Waals surface area contributed by atoms with Crippen LogP contribution in [0.1, 0.15) is 5.56 Å². The highest BCUT2D eigenvalue weighted by molar-refractivity contribution is 7.89.